The summed E-state index contributed by atoms with van der Waals surface area (Å²) in [6, 6.07) is 6.68. The highest BCUT2D eigenvalue weighted by Crippen LogP contribution is 2.19. The third kappa shape index (κ3) is 4.61. The molecule has 1 amide bonds. The van der Waals surface area contributed by atoms with E-state index in [4.69, 9.17) is 0 Å². The number of hydrogen-bond acceptors (Lipinski definition) is 4. The fourth-order valence-electron chi connectivity index (χ4n) is 3.12. The summed E-state index contributed by atoms with van der Waals surface area (Å²) < 4.78 is 13.3. The van der Waals surface area contributed by atoms with Crippen molar-refractivity contribution in [2.75, 3.05) is 13.1 Å². The number of carbonyl (C=O) groups excluding carboxylic acids is 1. The van der Waals surface area contributed by atoms with E-state index in [0.29, 0.717) is 13.1 Å². The number of benzene rings is 1. The number of rotatable bonds is 5. The number of carbonyl (C=O) groups is 1. The topological polar surface area (TPSA) is 45.2 Å². The molecule has 0 spiro atoms. The van der Waals surface area contributed by atoms with Crippen LogP contribution in [0.15, 0.2) is 29.6 Å². The van der Waals surface area contributed by atoms with Gasteiger partial charge in [0.25, 0.3) is 0 Å². The molecule has 128 valence electrons. The minimum Gasteiger partial charge on any atom is -0.350 e. The molecule has 1 aliphatic heterocycles. The van der Waals surface area contributed by atoms with E-state index in [1.807, 2.05) is 18.4 Å². The van der Waals surface area contributed by atoms with Crippen LogP contribution in [0.2, 0.25) is 0 Å². The van der Waals surface area contributed by atoms with Crippen molar-refractivity contribution in [2.24, 2.45) is 5.92 Å². The molecule has 0 saturated carbocycles. The number of thiazole rings is 1. The first-order valence-corrected chi connectivity index (χ1v) is 9.13. The second-order valence-electron chi connectivity index (χ2n) is 6.28. The molecule has 1 saturated heterocycles. The Kier molecular flexibility index (Phi) is 5.58. The second-order valence-corrected chi connectivity index (χ2v) is 7.34. The van der Waals surface area contributed by atoms with Gasteiger partial charge in [0.05, 0.1) is 23.2 Å². The summed E-state index contributed by atoms with van der Waals surface area (Å²) in [6.45, 7) is 4.81. The van der Waals surface area contributed by atoms with Crippen molar-refractivity contribution in [3.05, 3.63) is 51.7 Å². The number of nitrogens with zero attached hydrogens (tertiary/aromatic N) is 2. The number of aryl methyl sites for hydroxylation is 1. The van der Waals surface area contributed by atoms with Gasteiger partial charge in [-0.3, -0.25) is 9.69 Å². The first-order valence-electron chi connectivity index (χ1n) is 8.25. The molecule has 1 aromatic heterocycles. The Bertz CT molecular complexity index is 703. The highest BCUT2D eigenvalue weighted by atomic mass is 32.1. The number of piperidine rings is 1. The Labute approximate surface area is 145 Å². The zero-order valence-corrected chi connectivity index (χ0v) is 14.6. The van der Waals surface area contributed by atoms with E-state index < -0.39 is 0 Å². The normalized spacial score (nSPS) is 18.5. The number of likely N-dealkylation sites (tertiary alicyclic amines) is 1. The van der Waals surface area contributed by atoms with Crippen molar-refractivity contribution < 1.29 is 9.18 Å². The highest BCUT2D eigenvalue weighted by molar-refractivity contribution is 7.09. The monoisotopic (exact) mass is 347 g/mol. The van der Waals surface area contributed by atoms with Gasteiger partial charge in [-0.25, -0.2) is 9.37 Å². The summed E-state index contributed by atoms with van der Waals surface area (Å²) in [5.41, 5.74) is 1.87. The fourth-order valence-corrected chi connectivity index (χ4v) is 3.73. The first kappa shape index (κ1) is 17.0. The van der Waals surface area contributed by atoms with Crippen LogP contribution >= 0.6 is 11.3 Å². The molecule has 0 radical (unpaired) electrons. The minimum absolute atomic E-state index is 0.00737. The van der Waals surface area contributed by atoms with Gasteiger partial charge in [0, 0.05) is 18.5 Å². The van der Waals surface area contributed by atoms with Crippen molar-refractivity contribution in [1.29, 1.82) is 0 Å². The van der Waals surface area contributed by atoms with E-state index in [0.717, 1.165) is 42.2 Å². The third-order valence-electron chi connectivity index (χ3n) is 4.28. The predicted octanol–water partition coefficient (Wildman–Crippen LogP) is 3.12. The maximum absolute atomic E-state index is 13.3. The summed E-state index contributed by atoms with van der Waals surface area (Å²) in [5.74, 6) is -0.131. The smallest absolute Gasteiger partial charge is 0.224 e. The van der Waals surface area contributed by atoms with Gasteiger partial charge in [-0.2, -0.15) is 0 Å². The number of amides is 1. The summed E-state index contributed by atoms with van der Waals surface area (Å²) in [6.07, 6.45) is 1.89. The van der Waals surface area contributed by atoms with Gasteiger partial charge in [0.15, 0.2) is 0 Å². The molecular weight excluding hydrogens is 325 g/mol. The van der Waals surface area contributed by atoms with Gasteiger partial charge in [-0.1, -0.05) is 12.1 Å². The van der Waals surface area contributed by atoms with Gasteiger partial charge in [-0.15, -0.1) is 11.3 Å². The molecule has 2 aromatic rings. The standard InChI is InChI=1S/C18H22FN3OS/c1-13-21-17(12-24-13)9-20-18(23)15-5-3-7-22(11-15)10-14-4-2-6-16(19)8-14/h2,4,6,8,12,15H,3,5,7,9-11H2,1H3,(H,20,23). The van der Waals surface area contributed by atoms with E-state index in [9.17, 15) is 9.18 Å². The lowest BCUT2D eigenvalue weighted by Crippen LogP contribution is -2.42. The minimum atomic E-state index is -0.211. The second kappa shape index (κ2) is 7.85. The summed E-state index contributed by atoms with van der Waals surface area (Å²) in [4.78, 5) is 19.0. The maximum Gasteiger partial charge on any atom is 0.224 e. The SMILES string of the molecule is Cc1nc(CNC(=O)C2CCCN(Cc3cccc(F)c3)C2)cs1. The predicted molar refractivity (Wildman–Crippen MR) is 93.1 cm³/mol. The molecule has 1 unspecified atom stereocenters. The number of nitrogens with one attached hydrogen (secondary N) is 1. The Hall–Kier alpha value is -1.79. The molecule has 1 aromatic carbocycles. The van der Waals surface area contributed by atoms with Crippen LogP contribution in [-0.4, -0.2) is 28.9 Å². The molecule has 6 heteroatoms. The Balaban J connectivity index is 1.51. The van der Waals surface area contributed by atoms with E-state index in [1.165, 1.54) is 6.07 Å². The molecule has 3 rings (SSSR count). The number of aromatic nitrogens is 1. The van der Waals surface area contributed by atoms with Crippen molar-refractivity contribution in [1.82, 2.24) is 15.2 Å². The molecule has 1 fully saturated rings. The van der Waals surface area contributed by atoms with Gasteiger partial charge < -0.3 is 5.32 Å². The van der Waals surface area contributed by atoms with Crippen molar-refractivity contribution in [2.45, 2.75) is 32.9 Å². The quantitative estimate of drug-likeness (QED) is 0.904. The third-order valence-corrected chi connectivity index (χ3v) is 5.10. The first-order chi connectivity index (χ1) is 11.6. The largest absolute Gasteiger partial charge is 0.350 e. The average molecular weight is 347 g/mol. The van der Waals surface area contributed by atoms with E-state index in [1.54, 1.807) is 23.5 Å². The van der Waals surface area contributed by atoms with Gasteiger partial charge in [0.2, 0.25) is 5.91 Å². The molecule has 4 nitrogen and oxygen atoms in total. The van der Waals surface area contributed by atoms with Crippen LogP contribution < -0.4 is 5.32 Å². The Morgan fingerprint density at radius 2 is 2.38 bits per heavy atom. The Morgan fingerprint density at radius 3 is 3.12 bits per heavy atom. The fraction of sp³-hybridized carbons (Fsp3) is 0.444. The molecule has 0 bridgehead atoms. The summed E-state index contributed by atoms with van der Waals surface area (Å²) in [7, 11) is 0. The van der Waals surface area contributed by atoms with Crippen molar-refractivity contribution in [3.63, 3.8) is 0 Å². The Morgan fingerprint density at radius 1 is 1.50 bits per heavy atom. The zero-order chi connectivity index (χ0) is 16.9. The van der Waals surface area contributed by atoms with Crippen LogP contribution in [0.1, 0.15) is 29.1 Å². The van der Waals surface area contributed by atoms with Crippen molar-refractivity contribution >= 4 is 17.2 Å². The van der Waals surface area contributed by atoms with E-state index in [-0.39, 0.29) is 17.6 Å². The van der Waals surface area contributed by atoms with Crippen molar-refractivity contribution in [3.8, 4) is 0 Å². The van der Waals surface area contributed by atoms with Crippen LogP contribution in [0.25, 0.3) is 0 Å². The molecule has 2 heterocycles. The van der Waals surface area contributed by atoms with Crippen LogP contribution in [0.5, 0.6) is 0 Å². The van der Waals surface area contributed by atoms with E-state index in [2.05, 4.69) is 15.2 Å². The lowest BCUT2D eigenvalue weighted by Gasteiger charge is -2.32. The summed E-state index contributed by atoms with van der Waals surface area (Å²) in [5, 5.41) is 5.99. The molecule has 0 aliphatic carbocycles. The summed E-state index contributed by atoms with van der Waals surface area (Å²) >= 11 is 1.59. The van der Waals surface area contributed by atoms with Gasteiger partial charge in [0.1, 0.15) is 5.82 Å². The lowest BCUT2D eigenvalue weighted by molar-refractivity contribution is -0.127. The molecule has 1 aliphatic rings. The zero-order valence-electron chi connectivity index (χ0n) is 13.8. The van der Waals surface area contributed by atoms with Crippen LogP contribution in [0.3, 0.4) is 0 Å². The maximum atomic E-state index is 13.3. The molecule has 1 N–H and O–H groups in total. The van der Waals surface area contributed by atoms with Crippen LogP contribution in [-0.2, 0) is 17.9 Å². The average Bonchev–Trinajstić information content (AvgIpc) is 2.98. The molecule has 24 heavy (non-hydrogen) atoms. The van der Waals surface area contributed by atoms with Gasteiger partial charge >= 0.3 is 0 Å². The van der Waals surface area contributed by atoms with Crippen LogP contribution in [0.4, 0.5) is 4.39 Å². The van der Waals surface area contributed by atoms with E-state index >= 15 is 0 Å². The number of halogens is 1. The lowest BCUT2D eigenvalue weighted by atomic mass is 9.96. The van der Waals surface area contributed by atoms with Gasteiger partial charge in [-0.05, 0) is 44.0 Å². The molecular formula is C18H22FN3OS. The highest BCUT2D eigenvalue weighted by Gasteiger charge is 2.25. The number of hydrogen-bond donors (Lipinski definition) is 1. The molecule has 1 atom stereocenters. The van der Waals surface area contributed by atoms with Crippen LogP contribution in [0, 0.1) is 18.7 Å².